The number of nitrogens with one attached hydrogen (secondary N) is 1. The summed E-state index contributed by atoms with van der Waals surface area (Å²) in [5.74, 6) is 3.46. The van der Waals surface area contributed by atoms with E-state index in [1.807, 2.05) is 0 Å². The van der Waals surface area contributed by atoms with E-state index in [0.29, 0.717) is 0 Å². The number of hydrogen-bond acceptors (Lipinski definition) is 2. The first-order valence-corrected chi connectivity index (χ1v) is 8.85. The van der Waals surface area contributed by atoms with Gasteiger partial charge in [0.2, 0.25) is 0 Å². The minimum Gasteiger partial charge on any atom is -0.310 e. The molecule has 2 fully saturated rings. The van der Waals surface area contributed by atoms with E-state index >= 15 is 0 Å². The molecule has 0 radical (unpaired) electrons. The standard InChI is InChI=1S/C15H20BrNS/c16-13-4-1-3-11(7-13)12-8-15(9-12)17-14-5-2-6-18-10-14/h1,3-4,7,12,14-15,17H,2,5-6,8-10H2. The minimum absolute atomic E-state index is 0.762. The number of halogens is 1. The predicted molar refractivity (Wildman–Crippen MR) is 83.4 cm³/mol. The van der Waals surface area contributed by atoms with Crippen molar-refractivity contribution in [1.29, 1.82) is 0 Å². The topological polar surface area (TPSA) is 12.0 Å². The van der Waals surface area contributed by atoms with Crippen LogP contribution in [0.4, 0.5) is 0 Å². The molecule has 0 amide bonds. The average Bonchev–Trinajstić information content (AvgIpc) is 2.34. The molecule has 0 bridgehead atoms. The van der Waals surface area contributed by atoms with Gasteiger partial charge in [0, 0.05) is 22.3 Å². The fourth-order valence-electron chi connectivity index (χ4n) is 2.99. The molecule has 1 heterocycles. The molecule has 1 saturated heterocycles. The number of thioether (sulfide) groups is 1. The van der Waals surface area contributed by atoms with Gasteiger partial charge in [-0.3, -0.25) is 0 Å². The van der Waals surface area contributed by atoms with Crippen LogP contribution in [0.15, 0.2) is 28.7 Å². The van der Waals surface area contributed by atoms with Crippen molar-refractivity contribution in [1.82, 2.24) is 5.32 Å². The molecule has 3 heteroatoms. The van der Waals surface area contributed by atoms with Gasteiger partial charge in [-0.2, -0.15) is 11.8 Å². The normalized spacial score (nSPS) is 31.9. The first-order valence-electron chi connectivity index (χ1n) is 6.90. The molecule has 1 aromatic carbocycles. The lowest BCUT2D eigenvalue weighted by atomic mass is 9.75. The molecule has 0 spiro atoms. The van der Waals surface area contributed by atoms with E-state index in [4.69, 9.17) is 0 Å². The van der Waals surface area contributed by atoms with Gasteiger partial charge in [-0.05, 0) is 55.1 Å². The van der Waals surface area contributed by atoms with Gasteiger partial charge >= 0.3 is 0 Å². The molecule has 1 saturated carbocycles. The molecule has 98 valence electrons. The van der Waals surface area contributed by atoms with E-state index in [-0.39, 0.29) is 0 Å². The van der Waals surface area contributed by atoms with Gasteiger partial charge in [0.1, 0.15) is 0 Å². The van der Waals surface area contributed by atoms with Crippen molar-refractivity contribution < 1.29 is 0 Å². The maximum absolute atomic E-state index is 3.84. The molecule has 18 heavy (non-hydrogen) atoms. The van der Waals surface area contributed by atoms with Crippen molar-refractivity contribution in [3.63, 3.8) is 0 Å². The number of rotatable bonds is 3. The van der Waals surface area contributed by atoms with Crippen molar-refractivity contribution in [2.45, 2.75) is 43.7 Å². The molecule has 1 aliphatic heterocycles. The summed E-state index contributed by atoms with van der Waals surface area (Å²) in [5, 5.41) is 3.84. The third-order valence-electron chi connectivity index (χ3n) is 4.09. The first-order chi connectivity index (χ1) is 8.81. The Kier molecular flexibility index (Phi) is 4.32. The second-order valence-electron chi connectivity index (χ2n) is 5.50. The lowest BCUT2D eigenvalue weighted by molar-refractivity contribution is 0.265. The van der Waals surface area contributed by atoms with Crippen LogP contribution in [0.1, 0.15) is 37.2 Å². The van der Waals surface area contributed by atoms with Crippen LogP contribution in [0, 0.1) is 0 Å². The van der Waals surface area contributed by atoms with Gasteiger partial charge < -0.3 is 5.32 Å². The molecule has 3 rings (SSSR count). The average molecular weight is 326 g/mol. The molecular weight excluding hydrogens is 306 g/mol. The quantitative estimate of drug-likeness (QED) is 0.894. The monoisotopic (exact) mass is 325 g/mol. The Morgan fingerprint density at radius 3 is 2.83 bits per heavy atom. The third kappa shape index (κ3) is 3.12. The Bertz CT molecular complexity index is 397. The van der Waals surface area contributed by atoms with E-state index in [9.17, 15) is 0 Å². The minimum atomic E-state index is 0.762. The van der Waals surface area contributed by atoms with E-state index in [1.165, 1.54) is 47.2 Å². The fourth-order valence-corrected chi connectivity index (χ4v) is 4.49. The lowest BCUT2D eigenvalue weighted by Crippen LogP contribution is -2.47. The highest BCUT2D eigenvalue weighted by atomic mass is 79.9. The number of hydrogen-bond donors (Lipinski definition) is 1. The highest BCUT2D eigenvalue weighted by Crippen LogP contribution is 2.38. The molecule has 1 N–H and O–H groups in total. The third-order valence-corrected chi connectivity index (χ3v) is 5.80. The second-order valence-corrected chi connectivity index (χ2v) is 7.57. The Labute approximate surface area is 122 Å². The van der Waals surface area contributed by atoms with Gasteiger partial charge in [0.05, 0.1) is 0 Å². The van der Waals surface area contributed by atoms with E-state index in [0.717, 1.165) is 18.0 Å². The molecular formula is C15H20BrNS. The van der Waals surface area contributed by atoms with Crippen LogP contribution in [-0.4, -0.2) is 23.6 Å². The summed E-state index contributed by atoms with van der Waals surface area (Å²) in [6.07, 6.45) is 5.41. The zero-order chi connectivity index (χ0) is 12.4. The van der Waals surface area contributed by atoms with Gasteiger partial charge in [-0.25, -0.2) is 0 Å². The van der Waals surface area contributed by atoms with Gasteiger partial charge in [-0.1, -0.05) is 28.1 Å². The van der Waals surface area contributed by atoms with Gasteiger partial charge in [-0.15, -0.1) is 0 Å². The fraction of sp³-hybridized carbons (Fsp3) is 0.600. The lowest BCUT2D eigenvalue weighted by Gasteiger charge is -2.39. The van der Waals surface area contributed by atoms with Gasteiger partial charge in [0.25, 0.3) is 0 Å². The zero-order valence-corrected chi connectivity index (χ0v) is 13.0. The summed E-state index contributed by atoms with van der Waals surface area (Å²) in [5.41, 5.74) is 1.50. The highest BCUT2D eigenvalue weighted by molar-refractivity contribution is 9.10. The number of benzene rings is 1. The molecule has 1 aliphatic carbocycles. The SMILES string of the molecule is Brc1cccc(C2CC(NC3CCCSC3)C2)c1. The van der Waals surface area contributed by atoms with Crippen molar-refractivity contribution in [2.24, 2.45) is 0 Å². The Morgan fingerprint density at radius 1 is 1.22 bits per heavy atom. The Hall–Kier alpha value is 0.01000. The molecule has 2 aliphatic rings. The first kappa shape index (κ1) is 13.0. The van der Waals surface area contributed by atoms with Crippen LogP contribution >= 0.6 is 27.7 Å². The van der Waals surface area contributed by atoms with Crippen LogP contribution in [-0.2, 0) is 0 Å². The zero-order valence-electron chi connectivity index (χ0n) is 10.6. The molecule has 1 nitrogen and oxygen atoms in total. The van der Waals surface area contributed by atoms with Crippen molar-refractivity contribution >= 4 is 27.7 Å². The molecule has 1 aromatic rings. The Morgan fingerprint density at radius 2 is 2.11 bits per heavy atom. The Balaban J connectivity index is 1.48. The molecule has 0 aromatic heterocycles. The maximum Gasteiger partial charge on any atom is 0.0178 e. The smallest absolute Gasteiger partial charge is 0.0178 e. The summed E-state index contributed by atoms with van der Waals surface area (Å²) in [6.45, 7) is 0. The van der Waals surface area contributed by atoms with Gasteiger partial charge in [0.15, 0.2) is 0 Å². The maximum atomic E-state index is 3.84. The van der Waals surface area contributed by atoms with Crippen LogP contribution < -0.4 is 5.32 Å². The largest absolute Gasteiger partial charge is 0.310 e. The van der Waals surface area contributed by atoms with Crippen LogP contribution in [0.3, 0.4) is 0 Å². The van der Waals surface area contributed by atoms with Crippen molar-refractivity contribution in [2.75, 3.05) is 11.5 Å². The van der Waals surface area contributed by atoms with Crippen molar-refractivity contribution in [3.8, 4) is 0 Å². The summed E-state index contributed by atoms with van der Waals surface area (Å²) in [4.78, 5) is 0. The summed E-state index contributed by atoms with van der Waals surface area (Å²) >= 11 is 5.67. The van der Waals surface area contributed by atoms with E-state index < -0.39 is 0 Å². The van der Waals surface area contributed by atoms with Crippen LogP contribution in [0.5, 0.6) is 0 Å². The molecule has 1 unspecified atom stereocenters. The van der Waals surface area contributed by atoms with Crippen LogP contribution in [0.25, 0.3) is 0 Å². The van der Waals surface area contributed by atoms with E-state index in [1.54, 1.807) is 0 Å². The van der Waals surface area contributed by atoms with Crippen LogP contribution in [0.2, 0.25) is 0 Å². The predicted octanol–water partition coefficient (Wildman–Crippen LogP) is 4.18. The second kappa shape index (κ2) is 5.98. The summed E-state index contributed by atoms with van der Waals surface area (Å²) in [6, 6.07) is 10.3. The molecule has 1 atom stereocenters. The highest BCUT2D eigenvalue weighted by Gasteiger charge is 2.31. The summed E-state index contributed by atoms with van der Waals surface area (Å²) in [7, 11) is 0. The van der Waals surface area contributed by atoms with E-state index in [2.05, 4.69) is 57.3 Å². The summed E-state index contributed by atoms with van der Waals surface area (Å²) < 4.78 is 1.21. The van der Waals surface area contributed by atoms with Crippen molar-refractivity contribution in [3.05, 3.63) is 34.3 Å².